The number of rotatable bonds is 3. The van der Waals surface area contributed by atoms with Gasteiger partial charge in [-0.2, -0.15) is 0 Å². The molecule has 0 bridgehead atoms. The molecule has 2 rings (SSSR count). The van der Waals surface area contributed by atoms with Gasteiger partial charge in [0.2, 0.25) is 0 Å². The van der Waals surface area contributed by atoms with E-state index in [4.69, 9.17) is 4.74 Å². The Labute approximate surface area is 112 Å². The molecule has 19 heavy (non-hydrogen) atoms. The molecule has 0 N–H and O–H groups in total. The number of hydrogen-bond acceptors (Lipinski definition) is 4. The molecule has 0 aromatic rings. The van der Waals surface area contributed by atoms with E-state index in [1.165, 1.54) is 6.08 Å². The van der Waals surface area contributed by atoms with E-state index in [1.807, 2.05) is 6.92 Å². The van der Waals surface area contributed by atoms with Crippen LogP contribution in [0.4, 0.5) is 0 Å². The topological polar surface area (TPSA) is 60.4 Å². The van der Waals surface area contributed by atoms with Gasteiger partial charge in [-0.25, -0.2) is 0 Å². The maximum absolute atomic E-state index is 12.1. The molecule has 0 saturated carbocycles. The lowest BCUT2D eigenvalue weighted by Crippen LogP contribution is -2.25. The molecule has 0 spiro atoms. The van der Waals surface area contributed by atoms with Gasteiger partial charge < -0.3 is 4.74 Å². The van der Waals surface area contributed by atoms with Crippen LogP contribution in [-0.4, -0.2) is 23.1 Å². The molecule has 102 valence electrons. The SMILES string of the molecule is CC1=C(C)C(=O)C(CC[C@]2(C)CCC(=O)O2)=CC1=O. The Bertz CT molecular complexity index is 524. The fourth-order valence-corrected chi connectivity index (χ4v) is 2.43. The lowest BCUT2D eigenvalue weighted by molar-refractivity contribution is -0.147. The van der Waals surface area contributed by atoms with Gasteiger partial charge in [-0.15, -0.1) is 0 Å². The summed E-state index contributed by atoms with van der Waals surface area (Å²) in [7, 11) is 0. The molecule has 1 fully saturated rings. The van der Waals surface area contributed by atoms with Crippen molar-refractivity contribution in [3.63, 3.8) is 0 Å². The first-order valence-electron chi connectivity index (χ1n) is 6.51. The highest BCUT2D eigenvalue weighted by Gasteiger charge is 2.36. The average Bonchev–Trinajstić information content (AvgIpc) is 2.70. The summed E-state index contributed by atoms with van der Waals surface area (Å²) in [6.07, 6.45) is 3.58. The molecule has 0 amide bonds. The summed E-state index contributed by atoms with van der Waals surface area (Å²) in [6.45, 7) is 5.23. The lowest BCUT2D eigenvalue weighted by atomic mass is 9.86. The Hall–Kier alpha value is -1.71. The third kappa shape index (κ3) is 2.67. The largest absolute Gasteiger partial charge is 0.459 e. The van der Waals surface area contributed by atoms with Crippen molar-refractivity contribution in [2.75, 3.05) is 0 Å². The second-order valence-electron chi connectivity index (χ2n) is 5.54. The number of carbonyl (C=O) groups is 3. The van der Waals surface area contributed by atoms with Crippen molar-refractivity contribution in [2.24, 2.45) is 0 Å². The molecule has 0 radical (unpaired) electrons. The Morgan fingerprint density at radius 2 is 1.89 bits per heavy atom. The molecule has 4 nitrogen and oxygen atoms in total. The number of ether oxygens (including phenoxy) is 1. The van der Waals surface area contributed by atoms with Crippen LogP contribution < -0.4 is 0 Å². The van der Waals surface area contributed by atoms with E-state index in [-0.39, 0.29) is 17.5 Å². The highest BCUT2D eigenvalue weighted by atomic mass is 16.6. The standard InChI is InChI=1S/C15H18O4/c1-9-10(2)14(18)11(8-12(9)16)4-6-15(3)7-5-13(17)19-15/h8H,4-7H2,1-3H3/t15-/m1/s1. The summed E-state index contributed by atoms with van der Waals surface area (Å²) in [6, 6.07) is 0. The van der Waals surface area contributed by atoms with E-state index in [0.717, 1.165) is 0 Å². The molecule has 1 aliphatic heterocycles. The minimum absolute atomic E-state index is 0.0648. The summed E-state index contributed by atoms with van der Waals surface area (Å²) >= 11 is 0. The summed E-state index contributed by atoms with van der Waals surface area (Å²) in [5.41, 5.74) is 1.08. The Morgan fingerprint density at radius 3 is 2.47 bits per heavy atom. The molecule has 0 aromatic carbocycles. The molecule has 0 unspecified atom stereocenters. The fraction of sp³-hybridized carbons (Fsp3) is 0.533. The highest BCUT2D eigenvalue weighted by molar-refractivity contribution is 6.22. The van der Waals surface area contributed by atoms with E-state index in [0.29, 0.717) is 42.4 Å². The summed E-state index contributed by atoms with van der Waals surface area (Å²) < 4.78 is 5.28. The second-order valence-corrected chi connectivity index (χ2v) is 5.54. The van der Waals surface area contributed by atoms with Crippen molar-refractivity contribution in [3.8, 4) is 0 Å². The molecular weight excluding hydrogens is 244 g/mol. The van der Waals surface area contributed by atoms with Crippen molar-refractivity contribution in [1.82, 2.24) is 0 Å². The van der Waals surface area contributed by atoms with E-state index >= 15 is 0 Å². The first-order chi connectivity index (χ1) is 8.82. The molecule has 2 aliphatic rings. The van der Waals surface area contributed by atoms with Crippen LogP contribution in [0.3, 0.4) is 0 Å². The van der Waals surface area contributed by atoms with Gasteiger partial charge >= 0.3 is 5.97 Å². The lowest BCUT2D eigenvalue weighted by Gasteiger charge is -2.23. The van der Waals surface area contributed by atoms with Gasteiger partial charge in [0.25, 0.3) is 0 Å². The van der Waals surface area contributed by atoms with E-state index in [9.17, 15) is 14.4 Å². The van der Waals surface area contributed by atoms with Crippen LogP contribution in [0.1, 0.15) is 46.5 Å². The van der Waals surface area contributed by atoms with Gasteiger partial charge in [0.1, 0.15) is 5.60 Å². The maximum atomic E-state index is 12.1. The smallest absolute Gasteiger partial charge is 0.306 e. The van der Waals surface area contributed by atoms with Crippen molar-refractivity contribution in [1.29, 1.82) is 0 Å². The van der Waals surface area contributed by atoms with Crippen LogP contribution in [0.15, 0.2) is 22.8 Å². The monoisotopic (exact) mass is 262 g/mol. The molecule has 1 heterocycles. The normalized spacial score (nSPS) is 27.7. The summed E-state index contributed by atoms with van der Waals surface area (Å²) in [4.78, 5) is 34.9. The fourth-order valence-electron chi connectivity index (χ4n) is 2.43. The molecule has 1 atom stereocenters. The zero-order chi connectivity index (χ0) is 14.2. The third-order valence-corrected chi connectivity index (χ3v) is 4.01. The zero-order valence-corrected chi connectivity index (χ0v) is 11.5. The second kappa shape index (κ2) is 4.76. The summed E-state index contributed by atoms with van der Waals surface area (Å²) in [5, 5.41) is 0. The van der Waals surface area contributed by atoms with Crippen LogP contribution in [0.25, 0.3) is 0 Å². The Kier molecular flexibility index (Phi) is 3.43. The maximum Gasteiger partial charge on any atom is 0.306 e. The molecule has 0 aromatic heterocycles. The Balaban J connectivity index is 2.05. The van der Waals surface area contributed by atoms with Gasteiger partial charge in [-0.3, -0.25) is 14.4 Å². The van der Waals surface area contributed by atoms with Crippen LogP contribution in [0.5, 0.6) is 0 Å². The summed E-state index contributed by atoms with van der Waals surface area (Å²) in [5.74, 6) is -0.347. The number of cyclic esters (lactones) is 1. The molecule has 1 aliphatic carbocycles. The number of hydrogen-bond donors (Lipinski definition) is 0. The first-order valence-corrected chi connectivity index (χ1v) is 6.51. The van der Waals surface area contributed by atoms with Gasteiger partial charge in [0, 0.05) is 23.1 Å². The van der Waals surface area contributed by atoms with Crippen molar-refractivity contribution < 1.29 is 19.1 Å². The molecule has 4 heteroatoms. The van der Waals surface area contributed by atoms with Crippen molar-refractivity contribution in [3.05, 3.63) is 22.8 Å². The number of Topliss-reactive ketones (excluding diaryl/α,β-unsaturated/α-hetero) is 1. The van der Waals surface area contributed by atoms with Gasteiger partial charge in [-0.1, -0.05) is 0 Å². The zero-order valence-electron chi connectivity index (χ0n) is 11.5. The van der Waals surface area contributed by atoms with E-state index in [2.05, 4.69) is 0 Å². The predicted molar refractivity (Wildman–Crippen MR) is 69.4 cm³/mol. The van der Waals surface area contributed by atoms with Crippen molar-refractivity contribution >= 4 is 17.5 Å². The van der Waals surface area contributed by atoms with Crippen LogP contribution in [0.2, 0.25) is 0 Å². The quantitative estimate of drug-likeness (QED) is 0.578. The third-order valence-electron chi connectivity index (χ3n) is 4.01. The average molecular weight is 262 g/mol. The predicted octanol–water partition coefficient (Wildman–Crippen LogP) is 2.28. The van der Waals surface area contributed by atoms with Crippen LogP contribution in [0, 0.1) is 0 Å². The van der Waals surface area contributed by atoms with E-state index < -0.39 is 5.60 Å². The van der Waals surface area contributed by atoms with Gasteiger partial charge in [0.15, 0.2) is 11.6 Å². The highest BCUT2D eigenvalue weighted by Crippen LogP contribution is 2.33. The van der Waals surface area contributed by atoms with Gasteiger partial charge in [-0.05, 0) is 46.1 Å². The number of allylic oxidation sites excluding steroid dienone is 4. The van der Waals surface area contributed by atoms with Gasteiger partial charge in [0.05, 0.1) is 0 Å². The van der Waals surface area contributed by atoms with Crippen LogP contribution >= 0.6 is 0 Å². The minimum atomic E-state index is -0.495. The number of ketones is 2. The number of carbonyl (C=O) groups excluding carboxylic acids is 3. The first kappa shape index (κ1) is 13.7. The Morgan fingerprint density at radius 1 is 1.21 bits per heavy atom. The number of esters is 1. The molecule has 1 saturated heterocycles. The minimum Gasteiger partial charge on any atom is -0.459 e. The van der Waals surface area contributed by atoms with Crippen LogP contribution in [-0.2, 0) is 19.1 Å². The van der Waals surface area contributed by atoms with Crippen molar-refractivity contribution in [2.45, 2.75) is 52.1 Å². The molecular formula is C15H18O4. The van der Waals surface area contributed by atoms with E-state index in [1.54, 1.807) is 13.8 Å².